The first kappa shape index (κ1) is 35.5. The van der Waals surface area contributed by atoms with E-state index in [4.69, 9.17) is 14.2 Å². The maximum absolute atomic E-state index is 11.7. The second kappa shape index (κ2) is 20.1. The van der Waals surface area contributed by atoms with Gasteiger partial charge in [0.1, 0.15) is 6.10 Å². The van der Waals surface area contributed by atoms with Gasteiger partial charge in [-0.2, -0.15) is 0 Å². The van der Waals surface area contributed by atoms with Crippen LogP contribution in [0.5, 0.6) is 0 Å². The van der Waals surface area contributed by atoms with Gasteiger partial charge in [0.15, 0.2) is 0 Å². The lowest BCUT2D eigenvalue weighted by Gasteiger charge is -2.23. The van der Waals surface area contributed by atoms with Crippen LogP contribution in [0.2, 0.25) is 0 Å². The lowest BCUT2D eigenvalue weighted by atomic mass is 9.99. The number of esters is 1. The van der Waals surface area contributed by atoms with E-state index in [9.17, 15) is 20.1 Å². The summed E-state index contributed by atoms with van der Waals surface area (Å²) in [6.07, 6.45) is 23.3. The number of aliphatic hydroxyl groups is 3. The second-order valence-electron chi connectivity index (χ2n) is 13.4. The van der Waals surface area contributed by atoms with Crippen molar-refractivity contribution < 1.29 is 34.3 Å². The number of hydrogen-bond acceptors (Lipinski definition) is 7. The summed E-state index contributed by atoms with van der Waals surface area (Å²) in [5.41, 5.74) is 0.583. The number of carbonyl (C=O) groups is 1. The minimum Gasteiger partial charge on any atom is -0.455 e. The fraction of sp³-hybridized carbons (Fsp3) is 0.914. The van der Waals surface area contributed by atoms with Crippen molar-refractivity contribution in [3.8, 4) is 0 Å². The zero-order valence-electron chi connectivity index (χ0n) is 26.7. The van der Waals surface area contributed by atoms with Crippen LogP contribution in [0.15, 0.2) is 11.6 Å². The van der Waals surface area contributed by atoms with Gasteiger partial charge in [-0.15, -0.1) is 0 Å². The first-order chi connectivity index (χ1) is 20.4. The van der Waals surface area contributed by atoms with Crippen molar-refractivity contribution in [1.29, 1.82) is 0 Å². The molecular formula is C35H62O7. The number of aliphatic hydroxyl groups excluding tert-OH is 3. The van der Waals surface area contributed by atoms with E-state index >= 15 is 0 Å². The van der Waals surface area contributed by atoms with E-state index in [0.717, 1.165) is 64.2 Å². The van der Waals surface area contributed by atoms with Crippen molar-refractivity contribution in [3.05, 3.63) is 11.6 Å². The number of hydrogen-bond donors (Lipinski definition) is 3. The summed E-state index contributed by atoms with van der Waals surface area (Å²) in [6.45, 7) is 4.08. The highest BCUT2D eigenvalue weighted by molar-refractivity contribution is 5.90. The van der Waals surface area contributed by atoms with Crippen LogP contribution in [0.1, 0.15) is 155 Å². The molecule has 42 heavy (non-hydrogen) atoms. The topological polar surface area (TPSA) is 105 Å². The first-order valence-corrected chi connectivity index (χ1v) is 17.6. The summed E-state index contributed by atoms with van der Waals surface area (Å²) in [5, 5.41) is 31.5. The number of carbonyl (C=O) groups excluding carboxylic acids is 1. The van der Waals surface area contributed by atoms with Gasteiger partial charge in [-0.3, -0.25) is 0 Å². The summed E-state index contributed by atoms with van der Waals surface area (Å²) in [7, 11) is 0. The maximum atomic E-state index is 11.7. The van der Waals surface area contributed by atoms with E-state index in [1.54, 1.807) is 6.08 Å². The molecule has 3 aliphatic rings. The van der Waals surface area contributed by atoms with Gasteiger partial charge in [0, 0.05) is 12.0 Å². The first-order valence-electron chi connectivity index (χ1n) is 17.6. The molecule has 0 aromatic carbocycles. The highest BCUT2D eigenvalue weighted by Crippen LogP contribution is 2.34. The normalized spacial score (nSPS) is 28.2. The Morgan fingerprint density at radius 1 is 0.738 bits per heavy atom. The van der Waals surface area contributed by atoms with Gasteiger partial charge < -0.3 is 29.5 Å². The summed E-state index contributed by atoms with van der Waals surface area (Å²) < 4.78 is 17.7. The zero-order valence-corrected chi connectivity index (χ0v) is 26.7. The van der Waals surface area contributed by atoms with E-state index in [2.05, 4.69) is 6.92 Å². The van der Waals surface area contributed by atoms with Crippen LogP contribution in [-0.2, 0) is 19.0 Å². The molecule has 0 aromatic rings. The average Bonchev–Trinajstić information content (AvgIpc) is 3.70. The highest BCUT2D eigenvalue weighted by Gasteiger charge is 2.39. The Kier molecular flexibility index (Phi) is 17.0. The van der Waals surface area contributed by atoms with Gasteiger partial charge >= 0.3 is 5.97 Å². The predicted molar refractivity (Wildman–Crippen MR) is 166 cm³/mol. The summed E-state index contributed by atoms with van der Waals surface area (Å²) >= 11 is 0. The highest BCUT2D eigenvalue weighted by atomic mass is 16.6. The van der Waals surface area contributed by atoms with Crippen molar-refractivity contribution in [1.82, 2.24) is 0 Å². The fourth-order valence-corrected chi connectivity index (χ4v) is 6.95. The number of ether oxygens (including phenoxy) is 3. The summed E-state index contributed by atoms with van der Waals surface area (Å²) in [5.74, 6) is -0.308. The van der Waals surface area contributed by atoms with E-state index in [0.29, 0.717) is 24.8 Å². The van der Waals surface area contributed by atoms with Crippen LogP contribution < -0.4 is 0 Å². The van der Waals surface area contributed by atoms with Crippen molar-refractivity contribution >= 4 is 5.97 Å². The largest absolute Gasteiger partial charge is 0.455 e. The molecule has 0 aromatic heterocycles. The van der Waals surface area contributed by atoms with E-state index in [1.807, 2.05) is 6.92 Å². The van der Waals surface area contributed by atoms with Gasteiger partial charge in [-0.25, -0.2) is 4.79 Å². The number of rotatable bonds is 23. The smallest absolute Gasteiger partial charge is 0.334 e. The van der Waals surface area contributed by atoms with E-state index in [-0.39, 0.29) is 48.7 Å². The number of unbranched alkanes of at least 4 members (excludes halogenated alkanes) is 11. The molecule has 8 atom stereocenters. The van der Waals surface area contributed by atoms with Crippen LogP contribution in [0.4, 0.5) is 0 Å². The van der Waals surface area contributed by atoms with Gasteiger partial charge in [0.05, 0.1) is 42.7 Å². The minimum absolute atomic E-state index is 0.0624. The molecular weight excluding hydrogens is 532 g/mol. The van der Waals surface area contributed by atoms with Gasteiger partial charge in [-0.05, 0) is 64.4 Å². The van der Waals surface area contributed by atoms with Crippen LogP contribution in [0.3, 0.4) is 0 Å². The molecule has 3 rings (SSSR count). The van der Waals surface area contributed by atoms with Crippen LogP contribution in [0.25, 0.3) is 0 Å². The molecule has 0 spiro atoms. The molecule has 6 unspecified atom stereocenters. The Morgan fingerprint density at radius 2 is 1.31 bits per heavy atom. The van der Waals surface area contributed by atoms with Crippen molar-refractivity contribution in [3.63, 3.8) is 0 Å². The molecule has 3 heterocycles. The fourth-order valence-electron chi connectivity index (χ4n) is 6.95. The monoisotopic (exact) mass is 594 g/mol. The third kappa shape index (κ3) is 13.3. The molecule has 2 fully saturated rings. The van der Waals surface area contributed by atoms with Crippen molar-refractivity contribution in [2.24, 2.45) is 0 Å². The maximum Gasteiger partial charge on any atom is 0.334 e. The minimum atomic E-state index is -0.527. The standard InChI is InChI=1S/C35H62O7/c1-3-4-5-6-7-8-9-10-11-15-18-31(38)32-21-22-34(42-32)33-20-19-30(41-33)25-29(37)17-14-12-13-16-28(36)24-27-23-26(2)40-35(27)39/h23,26,28-34,36-38H,3-22,24-25H2,1-2H3/t26-,28+,29?,30?,31?,32?,33?,34?/m0/s1. The predicted octanol–water partition coefficient (Wildman–Crippen LogP) is 7.08. The van der Waals surface area contributed by atoms with Gasteiger partial charge in [0.2, 0.25) is 0 Å². The van der Waals surface area contributed by atoms with Crippen LogP contribution >= 0.6 is 0 Å². The lowest BCUT2D eigenvalue weighted by molar-refractivity contribution is -0.139. The van der Waals surface area contributed by atoms with Crippen LogP contribution in [-0.4, -0.2) is 70.1 Å². The third-order valence-electron chi connectivity index (χ3n) is 9.48. The second-order valence-corrected chi connectivity index (χ2v) is 13.4. The van der Waals surface area contributed by atoms with E-state index in [1.165, 1.54) is 57.8 Å². The molecule has 0 radical (unpaired) electrons. The number of cyclic esters (lactones) is 1. The molecule has 7 heteroatoms. The van der Waals surface area contributed by atoms with E-state index < -0.39 is 6.10 Å². The Balaban J connectivity index is 1.17. The molecule has 3 aliphatic heterocycles. The van der Waals surface area contributed by atoms with Gasteiger partial charge in [0.25, 0.3) is 0 Å². The molecule has 0 aliphatic carbocycles. The Morgan fingerprint density at radius 3 is 1.98 bits per heavy atom. The lowest BCUT2D eigenvalue weighted by Crippen LogP contribution is -2.31. The Hall–Kier alpha value is -0.990. The molecule has 244 valence electrons. The summed E-state index contributed by atoms with van der Waals surface area (Å²) in [4.78, 5) is 11.7. The molecule has 7 nitrogen and oxygen atoms in total. The molecule has 0 amide bonds. The van der Waals surface area contributed by atoms with Crippen molar-refractivity contribution in [2.75, 3.05) is 0 Å². The van der Waals surface area contributed by atoms with Crippen molar-refractivity contribution in [2.45, 2.75) is 204 Å². The molecule has 2 saturated heterocycles. The van der Waals surface area contributed by atoms with Crippen LogP contribution in [0, 0.1) is 0 Å². The molecule has 3 N–H and O–H groups in total. The zero-order chi connectivity index (χ0) is 30.2. The molecule has 0 saturated carbocycles. The average molecular weight is 595 g/mol. The quantitative estimate of drug-likeness (QED) is 0.0858. The third-order valence-corrected chi connectivity index (χ3v) is 9.48. The SMILES string of the molecule is CCCCCCCCCCCCC(O)C1CCC(C2CCC(CC(O)CCCCC[C@@H](O)CC3=C[C@H](C)OC3=O)O2)O1. The Bertz CT molecular complexity index is 770. The molecule has 0 bridgehead atoms. The van der Waals surface area contributed by atoms with Gasteiger partial charge in [-0.1, -0.05) is 90.4 Å². The summed E-state index contributed by atoms with van der Waals surface area (Å²) in [6, 6.07) is 0. The Labute approximate surface area is 255 Å².